The van der Waals surface area contributed by atoms with E-state index in [1.807, 2.05) is 0 Å². The molecule has 0 fully saturated rings. The van der Waals surface area contributed by atoms with Crippen molar-refractivity contribution >= 4 is 60.8 Å². The molecule has 2 aromatic carbocycles. The number of benzene rings is 2. The molecule has 0 aliphatic heterocycles. The van der Waals surface area contributed by atoms with E-state index >= 15 is 0 Å². The summed E-state index contributed by atoms with van der Waals surface area (Å²) in [7, 11) is -8.83. The van der Waals surface area contributed by atoms with Gasteiger partial charge in [0.25, 0.3) is 0 Å². The zero-order chi connectivity index (χ0) is 27.9. The number of rotatable bonds is 12. The third-order valence-electron chi connectivity index (χ3n) is 4.34. The Morgan fingerprint density at radius 3 is 2.30 bits per heavy atom. The van der Waals surface area contributed by atoms with Crippen LogP contribution in [-0.4, -0.2) is 43.7 Å². The van der Waals surface area contributed by atoms with Crippen molar-refractivity contribution in [2.45, 2.75) is 9.79 Å². The largest absolute Gasteiger partial charge is 1.00 e. The van der Waals surface area contributed by atoms with Gasteiger partial charge in [0.1, 0.15) is 21.6 Å². The SMILES string of the molecule is Nc1cc(Nc2cc(F)nc(F)n2)c(N=Nc2ccc(S(=O)(=O)CCOSOO[O-])cc2)cc1S(=O)(=O)[O-].[Na+].[Na+]. The second kappa shape index (κ2) is 16.3. The summed E-state index contributed by atoms with van der Waals surface area (Å²) in [6.07, 6.45) is -1.40. The first-order chi connectivity index (χ1) is 17.9. The Balaban J connectivity index is 0.00000400. The van der Waals surface area contributed by atoms with Gasteiger partial charge >= 0.3 is 65.2 Å². The number of anilines is 3. The summed E-state index contributed by atoms with van der Waals surface area (Å²) in [6.45, 7) is -0.324. The van der Waals surface area contributed by atoms with Crippen LogP contribution >= 0.6 is 12.3 Å². The number of halogens is 2. The topological polar surface area (TPSA) is 231 Å². The zero-order valence-corrected chi connectivity index (χ0v) is 26.9. The molecule has 22 heteroatoms. The summed E-state index contributed by atoms with van der Waals surface area (Å²) in [5.41, 5.74) is 4.85. The molecule has 0 bridgehead atoms. The second-order valence-corrected chi connectivity index (χ2v) is 10.8. The number of nitrogens with two attached hydrogens (primary N) is 1. The van der Waals surface area contributed by atoms with E-state index in [-0.39, 0.29) is 106 Å². The van der Waals surface area contributed by atoms with Crippen LogP contribution in [0.3, 0.4) is 0 Å². The normalized spacial score (nSPS) is 11.6. The molecule has 3 N–H and O–H groups in total. The fourth-order valence-electron chi connectivity index (χ4n) is 2.74. The molecule has 0 radical (unpaired) electrons. The molecule has 40 heavy (non-hydrogen) atoms. The predicted octanol–water partition coefficient (Wildman–Crippen LogP) is -4.01. The quantitative estimate of drug-likeness (QED) is 0.0184. The van der Waals surface area contributed by atoms with Crippen molar-refractivity contribution in [3.05, 3.63) is 54.5 Å². The van der Waals surface area contributed by atoms with Crippen molar-refractivity contribution in [1.82, 2.24) is 9.97 Å². The van der Waals surface area contributed by atoms with Gasteiger partial charge in [-0.3, -0.25) is 9.22 Å². The summed E-state index contributed by atoms with van der Waals surface area (Å²) in [5.74, 6) is -2.05. The maximum absolute atomic E-state index is 13.4. The zero-order valence-electron chi connectivity index (χ0n) is 20.5. The molecule has 204 valence electrons. The molecule has 3 rings (SSSR count). The van der Waals surface area contributed by atoms with Gasteiger partial charge in [0.2, 0.25) is 5.95 Å². The molecule has 1 aromatic heterocycles. The van der Waals surface area contributed by atoms with Gasteiger partial charge in [-0.1, -0.05) is 0 Å². The van der Waals surface area contributed by atoms with E-state index in [2.05, 4.69) is 39.1 Å². The van der Waals surface area contributed by atoms with Gasteiger partial charge in [-0.25, -0.2) is 16.8 Å². The molecule has 0 spiro atoms. The second-order valence-electron chi connectivity index (χ2n) is 6.87. The summed E-state index contributed by atoms with van der Waals surface area (Å²) >= 11 is 0.161. The van der Waals surface area contributed by atoms with Gasteiger partial charge in [0, 0.05) is 6.07 Å². The number of nitrogen functional groups attached to an aromatic ring is 1. The Morgan fingerprint density at radius 1 is 1.02 bits per heavy atom. The fourth-order valence-corrected chi connectivity index (χ4v) is 4.75. The molecule has 0 aliphatic rings. The minimum absolute atomic E-state index is 0. The summed E-state index contributed by atoms with van der Waals surface area (Å²) in [4.78, 5) is 5.26. The Bertz CT molecular complexity index is 1530. The van der Waals surface area contributed by atoms with E-state index in [1.165, 1.54) is 24.3 Å². The van der Waals surface area contributed by atoms with Crippen molar-refractivity contribution in [2.24, 2.45) is 10.2 Å². The molecule has 0 amide bonds. The smallest absolute Gasteiger partial charge is 0.744 e. The first-order valence-electron chi connectivity index (χ1n) is 9.75. The van der Waals surface area contributed by atoms with Crippen molar-refractivity contribution < 1.29 is 108 Å². The standard InChI is InChI=1S/C18H16F2N6O9S3.2Na/c19-16-9-17(24-18(20)23-16)22-13-7-12(21)15(38(30,31)32)8-14(13)26-25-10-1-3-11(4-2-10)37(28,29)6-5-33-36-35-34-27;;/h1-4,7-9,27H,5-6,21H2,(H,22,23,24)(H,30,31,32);;/q;2*+1/p-2. The summed E-state index contributed by atoms with van der Waals surface area (Å²) in [5, 5.41) is 22.9. The number of aromatic nitrogens is 2. The maximum atomic E-state index is 13.4. The van der Waals surface area contributed by atoms with Crippen LogP contribution in [0.2, 0.25) is 0 Å². The third-order valence-corrected chi connectivity index (χ3v) is 7.30. The van der Waals surface area contributed by atoms with Gasteiger partial charge in [0.15, 0.2) is 22.2 Å². The van der Waals surface area contributed by atoms with E-state index in [0.717, 1.165) is 18.2 Å². The van der Waals surface area contributed by atoms with Crippen LogP contribution in [0.4, 0.5) is 37.3 Å². The molecule has 0 saturated heterocycles. The predicted molar refractivity (Wildman–Crippen MR) is 122 cm³/mol. The average molecular weight is 639 g/mol. The Morgan fingerprint density at radius 2 is 1.70 bits per heavy atom. The fraction of sp³-hybridized carbons (Fsp3) is 0.111. The van der Waals surface area contributed by atoms with Crippen molar-refractivity contribution in [1.29, 1.82) is 0 Å². The molecular formula is C18H14F2N6Na2O9S3. The van der Waals surface area contributed by atoms with Gasteiger partial charge in [-0.15, -0.1) is 9.45 Å². The van der Waals surface area contributed by atoms with Crippen LogP contribution in [-0.2, 0) is 33.5 Å². The molecule has 0 aliphatic carbocycles. The summed E-state index contributed by atoms with van der Waals surface area (Å²) in [6, 6.07) is 7.44. The van der Waals surface area contributed by atoms with Crippen LogP contribution in [0.25, 0.3) is 0 Å². The monoisotopic (exact) mass is 638 g/mol. The molecule has 15 nitrogen and oxygen atoms in total. The average Bonchev–Trinajstić information content (AvgIpc) is 2.82. The maximum Gasteiger partial charge on any atom is 1.00 e. The Kier molecular flexibility index (Phi) is 15.0. The minimum Gasteiger partial charge on any atom is -0.744 e. The number of nitrogens with one attached hydrogen (secondary N) is 1. The van der Waals surface area contributed by atoms with E-state index in [1.54, 1.807) is 0 Å². The van der Waals surface area contributed by atoms with E-state index in [0.29, 0.717) is 0 Å². The molecule has 0 saturated carbocycles. The molecule has 0 atom stereocenters. The van der Waals surface area contributed by atoms with Gasteiger partial charge in [0.05, 0.1) is 39.2 Å². The van der Waals surface area contributed by atoms with Gasteiger partial charge in [-0.05, 0) is 36.4 Å². The molecule has 3 aromatic rings. The van der Waals surface area contributed by atoms with Crippen molar-refractivity contribution in [3.63, 3.8) is 0 Å². The van der Waals surface area contributed by atoms with Crippen LogP contribution < -0.4 is 75.4 Å². The van der Waals surface area contributed by atoms with E-state index < -0.39 is 48.3 Å². The number of sulfone groups is 1. The van der Waals surface area contributed by atoms with Crippen LogP contribution in [0.15, 0.2) is 62.5 Å². The van der Waals surface area contributed by atoms with Crippen LogP contribution in [0.5, 0.6) is 0 Å². The summed E-state index contributed by atoms with van der Waals surface area (Å²) < 4.78 is 94.7. The first-order valence-corrected chi connectivity index (χ1v) is 13.5. The Labute approximate surface area is 274 Å². The Hall–Kier alpha value is -1.37. The minimum atomic E-state index is -5.04. The molecule has 1 heterocycles. The molecule has 0 unspecified atom stereocenters. The first kappa shape index (κ1) is 36.7. The van der Waals surface area contributed by atoms with E-state index in [4.69, 9.17) is 5.73 Å². The van der Waals surface area contributed by atoms with Crippen molar-refractivity contribution in [2.75, 3.05) is 23.4 Å². The third kappa shape index (κ3) is 10.8. The van der Waals surface area contributed by atoms with E-state index in [9.17, 15) is 35.4 Å². The van der Waals surface area contributed by atoms with Gasteiger partial charge < -0.3 is 20.9 Å². The number of azo groups is 1. The van der Waals surface area contributed by atoms with Crippen LogP contribution in [0, 0.1) is 12.0 Å². The molecular weight excluding hydrogens is 624 g/mol. The number of nitrogens with zero attached hydrogens (tertiary/aromatic N) is 4. The number of hydrogen-bond donors (Lipinski definition) is 2. The van der Waals surface area contributed by atoms with Crippen LogP contribution in [0.1, 0.15) is 0 Å². The number of hydrogen-bond acceptors (Lipinski definition) is 16. The van der Waals surface area contributed by atoms with Gasteiger partial charge in [-0.2, -0.15) is 23.9 Å². The van der Waals surface area contributed by atoms with Crippen molar-refractivity contribution in [3.8, 4) is 0 Å².